The normalized spacial score (nSPS) is 12.9. The van der Waals surface area contributed by atoms with E-state index >= 15 is 0 Å². The van der Waals surface area contributed by atoms with Gasteiger partial charge in [0.05, 0.1) is 6.61 Å². The van der Waals surface area contributed by atoms with Crippen LogP contribution in [0.4, 0.5) is 0 Å². The molecule has 0 aliphatic carbocycles. The topological polar surface area (TPSA) is 9.23 Å². The van der Waals surface area contributed by atoms with Crippen LogP contribution in [0.5, 0.6) is 5.75 Å². The van der Waals surface area contributed by atoms with Crippen molar-refractivity contribution in [1.29, 1.82) is 0 Å². The molecular formula is C13H19BrO. The molecule has 0 aromatic heterocycles. The molecule has 0 bridgehead atoms. The third-order valence-corrected chi connectivity index (χ3v) is 3.46. The zero-order chi connectivity index (χ0) is 11.3. The molecule has 84 valence electrons. The van der Waals surface area contributed by atoms with Crippen LogP contribution in [0, 0.1) is 18.8 Å². The molecule has 1 atom stereocenters. The van der Waals surface area contributed by atoms with Crippen LogP contribution in [-0.2, 0) is 0 Å². The Labute approximate surface area is 101 Å². The number of halogens is 1. The average Bonchev–Trinajstić information content (AvgIpc) is 2.21. The highest BCUT2D eigenvalue weighted by Gasteiger charge is 2.12. The molecule has 0 saturated heterocycles. The number of aryl methyl sites for hydroxylation is 1. The van der Waals surface area contributed by atoms with Gasteiger partial charge in [-0.3, -0.25) is 0 Å². The van der Waals surface area contributed by atoms with Gasteiger partial charge < -0.3 is 4.74 Å². The van der Waals surface area contributed by atoms with E-state index < -0.39 is 0 Å². The van der Waals surface area contributed by atoms with E-state index in [1.807, 2.05) is 12.1 Å². The molecule has 0 aliphatic rings. The Hall–Kier alpha value is -0.500. The summed E-state index contributed by atoms with van der Waals surface area (Å²) in [6, 6.07) is 8.21. The van der Waals surface area contributed by atoms with Crippen LogP contribution >= 0.6 is 15.9 Å². The van der Waals surface area contributed by atoms with Crippen LogP contribution in [0.2, 0.25) is 0 Å². The van der Waals surface area contributed by atoms with Gasteiger partial charge in [-0.1, -0.05) is 47.5 Å². The molecule has 1 nitrogen and oxygen atoms in total. The second kappa shape index (κ2) is 6.16. The lowest BCUT2D eigenvalue weighted by Crippen LogP contribution is -2.19. The summed E-state index contributed by atoms with van der Waals surface area (Å²) in [5, 5.41) is 0.997. The second-order valence-electron chi connectivity index (χ2n) is 4.28. The second-order valence-corrected chi connectivity index (χ2v) is 4.93. The maximum Gasteiger partial charge on any atom is 0.119 e. The highest BCUT2D eigenvalue weighted by molar-refractivity contribution is 9.09. The maximum absolute atomic E-state index is 5.75. The van der Waals surface area contributed by atoms with E-state index in [0.29, 0.717) is 11.8 Å². The van der Waals surface area contributed by atoms with Gasteiger partial charge in [-0.25, -0.2) is 0 Å². The van der Waals surface area contributed by atoms with E-state index in [9.17, 15) is 0 Å². The van der Waals surface area contributed by atoms with Crippen LogP contribution in [0.15, 0.2) is 24.3 Å². The van der Waals surface area contributed by atoms with Gasteiger partial charge in [0.1, 0.15) is 5.75 Å². The van der Waals surface area contributed by atoms with Crippen molar-refractivity contribution in [3.63, 3.8) is 0 Å². The van der Waals surface area contributed by atoms with Crippen LogP contribution in [0.3, 0.4) is 0 Å². The van der Waals surface area contributed by atoms with Gasteiger partial charge in [-0.2, -0.15) is 0 Å². The SMILES string of the molecule is Cc1ccc(OCC(CBr)C(C)C)cc1. The Morgan fingerprint density at radius 2 is 1.80 bits per heavy atom. The van der Waals surface area contributed by atoms with Crippen molar-refractivity contribution in [3.8, 4) is 5.75 Å². The number of ether oxygens (including phenoxy) is 1. The molecule has 0 N–H and O–H groups in total. The van der Waals surface area contributed by atoms with Crippen LogP contribution in [0.25, 0.3) is 0 Å². The average molecular weight is 271 g/mol. The predicted octanol–water partition coefficient (Wildman–Crippen LogP) is 4.04. The molecule has 0 radical (unpaired) electrons. The third kappa shape index (κ3) is 4.25. The Kier molecular flexibility index (Phi) is 5.16. The molecular weight excluding hydrogens is 252 g/mol. The van der Waals surface area contributed by atoms with E-state index in [4.69, 9.17) is 4.74 Å². The van der Waals surface area contributed by atoms with Crippen LogP contribution in [-0.4, -0.2) is 11.9 Å². The molecule has 0 fully saturated rings. The third-order valence-electron chi connectivity index (χ3n) is 2.63. The van der Waals surface area contributed by atoms with Crippen molar-refractivity contribution >= 4 is 15.9 Å². The van der Waals surface area contributed by atoms with Gasteiger partial charge in [0, 0.05) is 11.2 Å². The molecule has 1 unspecified atom stereocenters. The summed E-state index contributed by atoms with van der Waals surface area (Å²) in [6.45, 7) is 7.32. The van der Waals surface area contributed by atoms with Gasteiger partial charge in [0.25, 0.3) is 0 Å². The molecule has 2 heteroatoms. The van der Waals surface area contributed by atoms with E-state index in [1.54, 1.807) is 0 Å². The Morgan fingerprint density at radius 3 is 2.27 bits per heavy atom. The summed E-state index contributed by atoms with van der Waals surface area (Å²) < 4.78 is 5.75. The molecule has 1 aromatic rings. The monoisotopic (exact) mass is 270 g/mol. The summed E-state index contributed by atoms with van der Waals surface area (Å²) in [6.07, 6.45) is 0. The van der Waals surface area contributed by atoms with Gasteiger partial charge in [-0.15, -0.1) is 0 Å². The minimum Gasteiger partial charge on any atom is -0.493 e. The van der Waals surface area contributed by atoms with Crippen LogP contribution < -0.4 is 4.74 Å². The van der Waals surface area contributed by atoms with E-state index in [1.165, 1.54) is 5.56 Å². The number of alkyl halides is 1. The first-order valence-electron chi connectivity index (χ1n) is 5.39. The smallest absolute Gasteiger partial charge is 0.119 e. The lowest BCUT2D eigenvalue weighted by atomic mass is 9.99. The Balaban J connectivity index is 2.45. The molecule has 1 aromatic carbocycles. The van der Waals surface area contributed by atoms with Gasteiger partial charge in [0.2, 0.25) is 0 Å². The fourth-order valence-corrected chi connectivity index (χ4v) is 2.19. The lowest BCUT2D eigenvalue weighted by molar-refractivity contribution is 0.227. The first-order chi connectivity index (χ1) is 7.13. The molecule has 15 heavy (non-hydrogen) atoms. The molecule has 0 amide bonds. The maximum atomic E-state index is 5.75. The summed E-state index contributed by atoms with van der Waals surface area (Å²) in [7, 11) is 0. The van der Waals surface area contributed by atoms with Crippen molar-refractivity contribution in [2.45, 2.75) is 20.8 Å². The molecule has 0 heterocycles. The fraction of sp³-hybridized carbons (Fsp3) is 0.538. The van der Waals surface area contributed by atoms with Crippen molar-refractivity contribution in [2.75, 3.05) is 11.9 Å². The largest absolute Gasteiger partial charge is 0.493 e. The Morgan fingerprint density at radius 1 is 1.20 bits per heavy atom. The summed E-state index contributed by atoms with van der Waals surface area (Å²) >= 11 is 3.52. The molecule has 1 rings (SSSR count). The number of hydrogen-bond acceptors (Lipinski definition) is 1. The van der Waals surface area contributed by atoms with Crippen molar-refractivity contribution in [3.05, 3.63) is 29.8 Å². The molecule has 0 spiro atoms. The standard InChI is InChI=1S/C13H19BrO/c1-10(2)12(8-14)9-15-13-6-4-11(3)5-7-13/h4-7,10,12H,8-9H2,1-3H3. The van der Waals surface area contributed by atoms with Crippen molar-refractivity contribution in [2.24, 2.45) is 11.8 Å². The number of benzene rings is 1. The fourth-order valence-electron chi connectivity index (χ4n) is 1.25. The van der Waals surface area contributed by atoms with Crippen molar-refractivity contribution in [1.82, 2.24) is 0 Å². The zero-order valence-electron chi connectivity index (χ0n) is 9.66. The van der Waals surface area contributed by atoms with Crippen LogP contribution in [0.1, 0.15) is 19.4 Å². The first kappa shape index (κ1) is 12.6. The summed E-state index contributed by atoms with van der Waals surface area (Å²) in [5.41, 5.74) is 1.27. The summed E-state index contributed by atoms with van der Waals surface area (Å²) in [4.78, 5) is 0. The Bertz CT molecular complexity index is 279. The molecule has 0 saturated carbocycles. The zero-order valence-corrected chi connectivity index (χ0v) is 11.3. The number of hydrogen-bond donors (Lipinski definition) is 0. The minimum atomic E-state index is 0.575. The minimum absolute atomic E-state index is 0.575. The highest BCUT2D eigenvalue weighted by atomic mass is 79.9. The van der Waals surface area contributed by atoms with Gasteiger partial charge in [0.15, 0.2) is 0 Å². The predicted molar refractivity (Wildman–Crippen MR) is 68.8 cm³/mol. The number of rotatable bonds is 5. The quantitative estimate of drug-likeness (QED) is 0.734. The molecule has 0 aliphatic heterocycles. The van der Waals surface area contributed by atoms with Gasteiger partial charge in [-0.05, 0) is 25.0 Å². The van der Waals surface area contributed by atoms with Crippen molar-refractivity contribution < 1.29 is 4.74 Å². The lowest BCUT2D eigenvalue weighted by Gasteiger charge is -2.18. The first-order valence-corrected chi connectivity index (χ1v) is 6.51. The van der Waals surface area contributed by atoms with Gasteiger partial charge >= 0.3 is 0 Å². The van der Waals surface area contributed by atoms with E-state index in [2.05, 4.69) is 48.8 Å². The van der Waals surface area contributed by atoms with E-state index in [0.717, 1.165) is 17.7 Å². The van der Waals surface area contributed by atoms with E-state index in [-0.39, 0.29) is 0 Å². The summed E-state index contributed by atoms with van der Waals surface area (Å²) in [5.74, 6) is 2.19. The highest BCUT2D eigenvalue weighted by Crippen LogP contribution is 2.17.